The van der Waals surface area contributed by atoms with Crippen LogP contribution in [0.2, 0.25) is 0 Å². The fourth-order valence-electron chi connectivity index (χ4n) is 6.26. The Morgan fingerprint density at radius 2 is 1.81 bits per heavy atom. The van der Waals surface area contributed by atoms with Crippen molar-refractivity contribution in [2.24, 2.45) is 23.2 Å². The first-order valence-corrected chi connectivity index (χ1v) is 12.4. The molecule has 2 heteroatoms. The molecule has 2 nitrogen and oxygen atoms in total. The van der Waals surface area contributed by atoms with E-state index in [9.17, 15) is 4.79 Å². The van der Waals surface area contributed by atoms with Gasteiger partial charge in [0.15, 0.2) is 0 Å². The Morgan fingerprint density at radius 1 is 1.06 bits per heavy atom. The van der Waals surface area contributed by atoms with Crippen LogP contribution in [0.5, 0.6) is 5.75 Å². The average molecular weight is 431 g/mol. The number of hydrogen-bond acceptors (Lipinski definition) is 2. The quantitative estimate of drug-likeness (QED) is 0.327. The summed E-state index contributed by atoms with van der Waals surface area (Å²) in [6.07, 6.45) is 11.3. The molecule has 2 aliphatic rings. The van der Waals surface area contributed by atoms with E-state index in [0.717, 1.165) is 23.3 Å². The third-order valence-corrected chi connectivity index (χ3v) is 8.14. The number of carbonyl (C=O) groups is 1. The van der Waals surface area contributed by atoms with Crippen molar-refractivity contribution < 1.29 is 9.53 Å². The number of ether oxygens (including phenoxy) is 1. The molecule has 2 aromatic carbocycles. The standard InChI is InChI=1S/C30H38O2/c1-20(2)10-9-11-21(3)26-15-16-27-25-14-17-28(22(4)24(25)18-19-30(26,27)5)32-29(31)23-12-7-6-8-13-23/h6-8,12-14,17-21,26-27H,9-11,15-16H2,1-5H3. The zero-order valence-electron chi connectivity index (χ0n) is 20.4. The predicted molar refractivity (Wildman–Crippen MR) is 133 cm³/mol. The molecule has 0 aromatic heterocycles. The first-order chi connectivity index (χ1) is 15.3. The van der Waals surface area contributed by atoms with Crippen LogP contribution in [0.1, 0.15) is 92.8 Å². The van der Waals surface area contributed by atoms with Crippen molar-refractivity contribution in [1.82, 2.24) is 0 Å². The smallest absolute Gasteiger partial charge is 0.343 e. The van der Waals surface area contributed by atoms with Crippen molar-refractivity contribution in [3.05, 3.63) is 70.8 Å². The second kappa shape index (κ2) is 9.25. The number of esters is 1. The second-order valence-electron chi connectivity index (χ2n) is 10.7. The molecule has 170 valence electrons. The number of allylic oxidation sites excluding steroid dienone is 1. The van der Waals surface area contributed by atoms with E-state index in [1.54, 1.807) is 12.1 Å². The first-order valence-electron chi connectivity index (χ1n) is 12.4. The molecule has 32 heavy (non-hydrogen) atoms. The highest BCUT2D eigenvalue weighted by Crippen LogP contribution is 2.60. The topological polar surface area (TPSA) is 26.3 Å². The van der Waals surface area contributed by atoms with Gasteiger partial charge in [-0.1, -0.05) is 83.4 Å². The molecule has 0 bridgehead atoms. The summed E-state index contributed by atoms with van der Waals surface area (Å²) in [4.78, 5) is 12.6. The average Bonchev–Trinajstić information content (AvgIpc) is 3.13. The van der Waals surface area contributed by atoms with Crippen LogP contribution < -0.4 is 4.74 Å². The van der Waals surface area contributed by atoms with E-state index >= 15 is 0 Å². The van der Waals surface area contributed by atoms with Gasteiger partial charge in [0.1, 0.15) is 5.75 Å². The molecular weight excluding hydrogens is 392 g/mol. The number of rotatable bonds is 7. The van der Waals surface area contributed by atoms with Gasteiger partial charge in [-0.3, -0.25) is 0 Å². The largest absolute Gasteiger partial charge is 0.423 e. The van der Waals surface area contributed by atoms with Crippen LogP contribution in [0, 0.1) is 30.1 Å². The van der Waals surface area contributed by atoms with E-state index in [4.69, 9.17) is 4.74 Å². The molecule has 1 fully saturated rings. The summed E-state index contributed by atoms with van der Waals surface area (Å²) in [6.45, 7) is 11.7. The lowest BCUT2D eigenvalue weighted by atomic mass is 9.63. The van der Waals surface area contributed by atoms with Crippen LogP contribution in [0.15, 0.2) is 48.5 Å². The van der Waals surface area contributed by atoms with E-state index in [2.05, 4.69) is 52.8 Å². The summed E-state index contributed by atoms with van der Waals surface area (Å²) in [5.41, 5.74) is 4.55. The molecule has 2 aromatic rings. The lowest BCUT2D eigenvalue weighted by Gasteiger charge is -2.41. The Hall–Kier alpha value is -2.35. The molecule has 0 aliphatic heterocycles. The molecule has 2 aliphatic carbocycles. The van der Waals surface area contributed by atoms with Crippen molar-refractivity contribution in [3.63, 3.8) is 0 Å². The summed E-state index contributed by atoms with van der Waals surface area (Å²) >= 11 is 0. The van der Waals surface area contributed by atoms with Gasteiger partial charge in [0.2, 0.25) is 0 Å². The van der Waals surface area contributed by atoms with Crippen molar-refractivity contribution in [2.45, 2.75) is 72.6 Å². The van der Waals surface area contributed by atoms with E-state index in [1.807, 2.05) is 24.3 Å². The summed E-state index contributed by atoms with van der Waals surface area (Å²) in [6, 6.07) is 13.4. The molecule has 0 heterocycles. The Balaban J connectivity index is 1.53. The SMILES string of the molecule is Cc1c(OC(=O)c2ccccc2)ccc2c1C=CC1(C)C2CCC1C(C)CCCC(C)C. The number of fused-ring (bicyclic) bond motifs is 3. The molecule has 1 saturated carbocycles. The molecule has 4 rings (SSSR count). The number of hydrogen-bond donors (Lipinski definition) is 0. The molecule has 4 unspecified atom stereocenters. The molecule has 0 radical (unpaired) electrons. The van der Waals surface area contributed by atoms with Gasteiger partial charge in [-0.2, -0.15) is 0 Å². The summed E-state index contributed by atoms with van der Waals surface area (Å²) in [7, 11) is 0. The minimum Gasteiger partial charge on any atom is -0.423 e. The highest BCUT2D eigenvalue weighted by Gasteiger charge is 2.49. The molecular formula is C30H38O2. The van der Waals surface area contributed by atoms with Crippen molar-refractivity contribution in [3.8, 4) is 5.75 Å². The van der Waals surface area contributed by atoms with Crippen LogP contribution in [0.25, 0.3) is 6.08 Å². The van der Waals surface area contributed by atoms with E-state index in [0.29, 0.717) is 17.2 Å². The predicted octanol–water partition coefficient (Wildman–Crippen LogP) is 8.20. The maximum Gasteiger partial charge on any atom is 0.343 e. The fraction of sp³-hybridized carbons (Fsp3) is 0.500. The Kier molecular flexibility index (Phi) is 6.60. The normalized spacial score (nSPS) is 24.8. The van der Waals surface area contributed by atoms with E-state index < -0.39 is 0 Å². The van der Waals surface area contributed by atoms with Crippen LogP contribution in [-0.2, 0) is 0 Å². The Morgan fingerprint density at radius 3 is 2.53 bits per heavy atom. The zero-order valence-corrected chi connectivity index (χ0v) is 20.4. The van der Waals surface area contributed by atoms with Gasteiger partial charge in [0, 0.05) is 0 Å². The number of benzene rings is 2. The van der Waals surface area contributed by atoms with Gasteiger partial charge in [0.25, 0.3) is 0 Å². The summed E-state index contributed by atoms with van der Waals surface area (Å²) in [5.74, 6) is 3.21. The van der Waals surface area contributed by atoms with Crippen molar-refractivity contribution in [2.75, 3.05) is 0 Å². The first kappa shape index (κ1) is 22.8. The molecule has 0 amide bonds. The minimum atomic E-state index is -0.297. The number of carbonyl (C=O) groups excluding carboxylic acids is 1. The maximum atomic E-state index is 12.6. The van der Waals surface area contributed by atoms with Gasteiger partial charge < -0.3 is 4.74 Å². The van der Waals surface area contributed by atoms with Gasteiger partial charge >= 0.3 is 5.97 Å². The van der Waals surface area contributed by atoms with Crippen molar-refractivity contribution >= 4 is 12.0 Å². The highest BCUT2D eigenvalue weighted by molar-refractivity contribution is 5.91. The van der Waals surface area contributed by atoms with Gasteiger partial charge in [-0.25, -0.2) is 4.79 Å². The monoisotopic (exact) mass is 430 g/mol. The van der Waals surface area contributed by atoms with Gasteiger partial charge in [0.05, 0.1) is 5.56 Å². The minimum absolute atomic E-state index is 0.221. The van der Waals surface area contributed by atoms with Crippen LogP contribution in [-0.4, -0.2) is 5.97 Å². The highest BCUT2D eigenvalue weighted by atomic mass is 16.5. The lowest BCUT2D eigenvalue weighted by Crippen LogP contribution is -2.31. The zero-order chi connectivity index (χ0) is 22.9. The lowest BCUT2D eigenvalue weighted by molar-refractivity contribution is 0.0733. The van der Waals surface area contributed by atoms with Crippen LogP contribution >= 0.6 is 0 Å². The van der Waals surface area contributed by atoms with Crippen LogP contribution in [0.3, 0.4) is 0 Å². The molecule has 0 saturated heterocycles. The Labute approximate surface area is 194 Å². The summed E-state index contributed by atoms with van der Waals surface area (Å²) < 4.78 is 5.78. The van der Waals surface area contributed by atoms with Crippen molar-refractivity contribution in [1.29, 1.82) is 0 Å². The maximum absolute atomic E-state index is 12.6. The summed E-state index contributed by atoms with van der Waals surface area (Å²) in [5, 5.41) is 0. The van der Waals surface area contributed by atoms with Gasteiger partial charge in [-0.15, -0.1) is 0 Å². The van der Waals surface area contributed by atoms with Crippen LogP contribution in [0.4, 0.5) is 0 Å². The molecule has 4 atom stereocenters. The fourth-order valence-corrected chi connectivity index (χ4v) is 6.26. The molecule has 0 spiro atoms. The van der Waals surface area contributed by atoms with E-state index in [1.165, 1.54) is 43.2 Å². The van der Waals surface area contributed by atoms with Gasteiger partial charge in [-0.05, 0) is 83.7 Å². The Bertz CT molecular complexity index is 987. The third kappa shape index (κ3) is 4.29. The van der Waals surface area contributed by atoms with E-state index in [-0.39, 0.29) is 11.4 Å². The third-order valence-electron chi connectivity index (χ3n) is 8.14. The molecule has 0 N–H and O–H groups in total. The second-order valence-corrected chi connectivity index (χ2v) is 10.7.